The lowest BCUT2D eigenvalue weighted by Crippen LogP contribution is -2.17. The summed E-state index contributed by atoms with van der Waals surface area (Å²) in [5.74, 6) is 0.909. The molecule has 0 atom stereocenters. The lowest BCUT2D eigenvalue weighted by Gasteiger charge is -2.14. The van der Waals surface area contributed by atoms with E-state index in [9.17, 15) is 4.79 Å². The van der Waals surface area contributed by atoms with Crippen LogP contribution in [0.4, 0.5) is 5.82 Å². The number of nitrogens with one attached hydrogen (secondary N) is 1. The van der Waals surface area contributed by atoms with Crippen molar-refractivity contribution in [1.82, 2.24) is 9.78 Å². The first-order valence-electron chi connectivity index (χ1n) is 7.18. The molecule has 2 aromatic rings. The number of carbonyl (C=O) groups is 1. The molecular weight excluding hydrogens is 270 g/mol. The van der Waals surface area contributed by atoms with Crippen LogP contribution in [0.5, 0.6) is 0 Å². The van der Waals surface area contributed by atoms with Gasteiger partial charge in [-0.1, -0.05) is 18.9 Å². The van der Waals surface area contributed by atoms with Gasteiger partial charge in [0.05, 0.1) is 12.2 Å². The first-order valence-corrected chi connectivity index (χ1v) is 8.06. The average Bonchev–Trinajstić information content (AvgIpc) is 3.18. The van der Waals surface area contributed by atoms with E-state index in [-0.39, 0.29) is 5.91 Å². The van der Waals surface area contributed by atoms with Crippen molar-refractivity contribution in [2.45, 2.75) is 44.6 Å². The Morgan fingerprint density at radius 3 is 3.00 bits per heavy atom. The number of rotatable bonds is 5. The van der Waals surface area contributed by atoms with E-state index in [2.05, 4.69) is 16.5 Å². The molecule has 3 rings (SSSR count). The van der Waals surface area contributed by atoms with E-state index in [0.717, 1.165) is 12.2 Å². The maximum Gasteiger partial charge on any atom is 0.225 e. The van der Waals surface area contributed by atoms with E-state index in [0.29, 0.717) is 12.5 Å². The van der Waals surface area contributed by atoms with Gasteiger partial charge in [-0.15, -0.1) is 11.3 Å². The number of aromatic nitrogens is 2. The topological polar surface area (TPSA) is 46.9 Å². The van der Waals surface area contributed by atoms with E-state index >= 15 is 0 Å². The van der Waals surface area contributed by atoms with Gasteiger partial charge in [0.2, 0.25) is 5.91 Å². The van der Waals surface area contributed by atoms with Gasteiger partial charge in [-0.25, -0.2) is 4.68 Å². The number of thiophene rings is 1. The summed E-state index contributed by atoms with van der Waals surface area (Å²) in [7, 11) is 0. The summed E-state index contributed by atoms with van der Waals surface area (Å²) in [6.07, 6.45) is 7.96. The summed E-state index contributed by atoms with van der Waals surface area (Å²) in [4.78, 5) is 13.3. The van der Waals surface area contributed by atoms with Crippen LogP contribution in [0.3, 0.4) is 0 Å². The highest BCUT2D eigenvalue weighted by Gasteiger charge is 2.20. The molecule has 0 aromatic carbocycles. The molecule has 0 bridgehead atoms. The lowest BCUT2D eigenvalue weighted by atomic mass is 10.2. The highest BCUT2D eigenvalue weighted by atomic mass is 32.1. The second-order valence-corrected chi connectivity index (χ2v) is 6.26. The number of nitrogens with zero attached hydrogens (tertiary/aromatic N) is 2. The summed E-state index contributed by atoms with van der Waals surface area (Å²) in [5, 5.41) is 9.41. The average molecular weight is 289 g/mol. The highest BCUT2D eigenvalue weighted by Crippen LogP contribution is 2.31. The van der Waals surface area contributed by atoms with Crippen LogP contribution in [0.2, 0.25) is 0 Å². The Morgan fingerprint density at radius 1 is 1.40 bits per heavy atom. The zero-order valence-electron chi connectivity index (χ0n) is 11.4. The molecular formula is C15H19N3OS. The Kier molecular flexibility index (Phi) is 4.16. The maximum atomic E-state index is 12.0. The van der Waals surface area contributed by atoms with Gasteiger partial charge in [0.25, 0.3) is 0 Å². The highest BCUT2D eigenvalue weighted by molar-refractivity contribution is 7.09. The maximum absolute atomic E-state index is 12.0. The molecule has 2 aromatic heterocycles. The van der Waals surface area contributed by atoms with Crippen LogP contribution >= 0.6 is 11.3 Å². The second-order valence-electron chi connectivity index (χ2n) is 5.23. The van der Waals surface area contributed by atoms with Crippen LogP contribution in [0, 0.1) is 0 Å². The van der Waals surface area contributed by atoms with Gasteiger partial charge < -0.3 is 5.32 Å². The van der Waals surface area contributed by atoms with E-state index in [1.165, 1.54) is 30.6 Å². The molecule has 4 nitrogen and oxygen atoms in total. The predicted molar refractivity (Wildman–Crippen MR) is 81.0 cm³/mol. The van der Waals surface area contributed by atoms with E-state index in [1.807, 2.05) is 22.2 Å². The van der Waals surface area contributed by atoms with Crippen molar-refractivity contribution in [3.63, 3.8) is 0 Å². The van der Waals surface area contributed by atoms with Gasteiger partial charge in [-0.05, 0) is 30.7 Å². The molecule has 1 aliphatic carbocycles. The van der Waals surface area contributed by atoms with E-state index < -0.39 is 0 Å². The fraction of sp³-hybridized carbons (Fsp3) is 0.467. The molecule has 20 heavy (non-hydrogen) atoms. The summed E-state index contributed by atoms with van der Waals surface area (Å²) < 4.78 is 1.98. The first kappa shape index (κ1) is 13.4. The molecule has 106 valence electrons. The Morgan fingerprint density at radius 2 is 2.25 bits per heavy atom. The van der Waals surface area contributed by atoms with Gasteiger partial charge in [-0.3, -0.25) is 4.79 Å². The Bertz CT molecular complexity index is 555. The van der Waals surface area contributed by atoms with E-state index in [1.54, 1.807) is 17.5 Å². The number of carbonyl (C=O) groups excluding carboxylic acids is 1. The second kappa shape index (κ2) is 6.22. The number of aryl methyl sites for hydroxylation is 1. The molecule has 1 fully saturated rings. The van der Waals surface area contributed by atoms with Crippen molar-refractivity contribution in [3.05, 3.63) is 34.7 Å². The molecule has 1 N–H and O–H groups in total. The molecule has 1 amide bonds. The van der Waals surface area contributed by atoms with Crippen molar-refractivity contribution >= 4 is 23.1 Å². The van der Waals surface area contributed by atoms with Crippen molar-refractivity contribution in [1.29, 1.82) is 0 Å². The van der Waals surface area contributed by atoms with Gasteiger partial charge in [0.1, 0.15) is 5.82 Å². The monoisotopic (exact) mass is 289 g/mol. The third-order valence-electron chi connectivity index (χ3n) is 3.79. The fourth-order valence-electron chi connectivity index (χ4n) is 2.75. The summed E-state index contributed by atoms with van der Waals surface area (Å²) in [6.45, 7) is 0. The molecule has 1 saturated carbocycles. The summed E-state index contributed by atoms with van der Waals surface area (Å²) in [5.41, 5.74) is 0. The van der Waals surface area contributed by atoms with Crippen LogP contribution in [0.15, 0.2) is 29.8 Å². The summed E-state index contributed by atoms with van der Waals surface area (Å²) in [6, 6.07) is 6.44. The van der Waals surface area contributed by atoms with Crippen molar-refractivity contribution in [2.75, 3.05) is 5.32 Å². The van der Waals surface area contributed by atoms with Crippen molar-refractivity contribution in [2.24, 2.45) is 0 Å². The molecule has 0 spiro atoms. The Labute approximate surface area is 122 Å². The molecule has 5 heteroatoms. The molecule has 0 aliphatic heterocycles. The van der Waals surface area contributed by atoms with Crippen LogP contribution in [-0.4, -0.2) is 15.7 Å². The SMILES string of the molecule is O=C(CCc1cccs1)Nc1ccnn1C1CCCC1. The predicted octanol–water partition coefficient (Wildman–Crippen LogP) is 3.63. The lowest BCUT2D eigenvalue weighted by molar-refractivity contribution is -0.116. The van der Waals surface area contributed by atoms with Crippen LogP contribution in [-0.2, 0) is 11.2 Å². The first-order chi connectivity index (χ1) is 9.83. The van der Waals surface area contributed by atoms with Crippen molar-refractivity contribution < 1.29 is 4.79 Å². The number of hydrogen-bond donors (Lipinski definition) is 1. The van der Waals surface area contributed by atoms with Crippen LogP contribution < -0.4 is 5.32 Å². The largest absolute Gasteiger partial charge is 0.311 e. The van der Waals surface area contributed by atoms with Crippen LogP contribution in [0.25, 0.3) is 0 Å². The van der Waals surface area contributed by atoms with Gasteiger partial charge in [-0.2, -0.15) is 5.10 Å². The fourth-order valence-corrected chi connectivity index (χ4v) is 3.46. The van der Waals surface area contributed by atoms with E-state index in [4.69, 9.17) is 0 Å². The molecule has 0 radical (unpaired) electrons. The minimum absolute atomic E-state index is 0.0677. The third kappa shape index (κ3) is 3.10. The normalized spacial score (nSPS) is 15.6. The molecule has 0 unspecified atom stereocenters. The minimum Gasteiger partial charge on any atom is -0.311 e. The smallest absolute Gasteiger partial charge is 0.225 e. The van der Waals surface area contributed by atoms with Crippen LogP contribution in [0.1, 0.15) is 43.0 Å². The number of anilines is 1. The molecule has 0 saturated heterocycles. The van der Waals surface area contributed by atoms with Gasteiger partial charge >= 0.3 is 0 Å². The Balaban J connectivity index is 1.57. The third-order valence-corrected chi connectivity index (χ3v) is 4.72. The Hall–Kier alpha value is -1.62. The molecule has 2 heterocycles. The quantitative estimate of drug-likeness (QED) is 0.913. The summed E-state index contributed by atoms with van der Waals surface area (Å²) >= 11 is 1.70. The van der Waals surface area contributed by atoms with Gasteiger partial charge in [0, 0.05) is 17.4 Å². The van der Waals surface area contributed by atoms with Crippen molar-refractivity contribution in [3.8, 4) is 0 Å². The number of amides is 1. The number of hydrogen-bond acceptors (Lipinski definition) is 3. The van der Waals surface area contributed by atoms with Gasteiger partial charge in [0.15, 0.2) is 0 Å². The standard InChI is InChI=1S/C15H19N3OS/c19-15(8-7-13-6-3-11-20-13)17-14-9-10-16-18(14)12-4-1-2-5-12/h3,6,9-12H,1-2,4-5,7-8H2,(H,17,19). The zero-order chi connectivity index (χ0) is 13.8. The molecule has 1 aliphatic rings. The minimum atomic E-state index is 0.0677. The zero-order valence-corrected chi connectivity index (χ0v) is 12.2.